The Kier molecular flexibility index (Phi) is 6.96. The van der Waals surface area contributed by atoms with Crippen molar-refractivity contribution in [2.75, 3.05) is 19.8 Å². The molecule has 17 heavy (non-hydrogen) atoms. The molecule has 1 heterocycles. The van der Waals surface area contributed by atoms with Crippen molar-refractivity contribution in [2.24, 2.45) is 0 Å². The number of hydrogen-bond donors (Lipinski definition) is 0. The van der Waals surface area contributed by atoms with E-state index in [1.54, 1.807) is 19.3 Å². The van der Waals surface area contributed by atoms with E-state index in [1.807, 2.05) is 18.2 Å². The van der Waals surface area contributed by atoms with Crippen molar-refractivity contribution >= 4 is 0 Å². The lowest BCUT2D eigenvalue weighted by Crippen LogP contribution is -2.11. The summed E-state index contributed by atoms with van der Waals surface area (Å²) < 4.78 is 10.6. The van der Waals surface area contributed by atoms with Crippen molar-refractivity contribution in [1.29, 1.82) is 5.26 Å². The Labute approximate surface area is 102 Å². The Balaban J connectivity index is 1.93. The first-order chi connectivity index (χ1) is 8.33. The zero-order chi connectivity index (χ0) is 12.3. The first-order valence-corrected chi connectivity index (χ1v) is 5.81. The molecule has 1 aromatic heterocycles. The minimum atomic E-state index is -0.351. The summed E-state index contributed by atoms with van der Waals surface area (Å²) in [5.74, 6) is 0. The molecule has 0 saturated carbocycles. The molecule has 0 spiro atoms. The van der Waals surface area contributed by atoms with Gasteiger partial charge in [0.05, 0.1) is 19.3 Å². The number of hydrogen-bond acceptors (Lipinski definition) is 4. The summed E-state index contributed by atoms with van der Waals surface area (Å²) in [5.41, 5.74) is 1.28. The van der Waals surface area contributed by atoms with Gasteiger partial charge in [-0.05, 0) is 37.5 Å². The van der Waals surface area contributed by atoms with E-state index in [-0.39, 0.29) is 6.10 Å². The maximum Gasteiger partial charge on any atom is 0.141 e. The van der Waals surface area contributed by atoms with Crippen LogP contribution in [-0.2, 0) is 15.9 Å². The zero-order valence-electron chi connectivity index (χ0n) is 10.1. The van der Waals surface area contributed by atoms with Crippen LogP contribution in [0.3, 0.4) is 0 Å². The summed E-state index contributed by atoms with van der Waals surface area (Å²) >= 11 is 0. The van der Waals surface area contributed by atoms with Crippen LogP contribution in [-0.4, -0.2) is 30.9 Å². The average molecular weight is 234 g/mol. The molecule has 0 aliphatic heterocycles. The maximum absolute atomic E-state index is 8.48. The van der Waals surface area contributed by atoms with Gasteiger partial charge >= 0.3 is 0 Å². The fraction of sp³-hybridized carbons (Fsp3) is 0.538. The number of nitrogens with zero attached hydrogens (tertiary/aromatic N) is 2. The summed E-state index contributed by atoms with van der Waals surface area (Å²) in [6, 6.07) is 6.03. The van der Waals surface area contributed by atoms with Gasteiger partial charge in [0.25, 0.3) is 0 Å². The van der Waals surface area contributed by atoms with Gasteiger partial charge in [-0.15, -0.1) is 0 Å². The second kappa shape index (κ2) is 8.68. The van der Waals surface area contributed by atoms with Crippen molar-refractivity contribution in [2.45, 2.75) is 25.9 Å². The van der Waals surface area contributed by atoms with Crippen LogP contribution in [0.5, 0.6) is 0 Å². The number of rotatable bonds is 8. The van der Waals surface area contributed by atoms with E-state index in [0.717, 1.165) is 12.8 Å². The molecule has 0 aliphatic rings. The molecule has 0 radical (unpaired) electrons. The van der Waals surface area contributed by atoms with Gasteiger partial charge in [-0.1, -0.05) is 0 Å². The summed E-state index contributed by atoms with van der Waals surface area (Å²) in [4.78, 5) is 3.96. The third-order valence-electron chi connectivity index (χ3n) is 2.28. The van der Waals surface area contributed by atoms with Crippen LogP contribution >= 0.6 is 0 Å². The molecule has 1 atom stereocenters. The predicted octanol–water partition coefficient (Wildman–Crippen LogP) is 1.96. The van der Waals surface area contributed by atoms with Crippen LogP contribution in [0, 0.1) is 11.3 Å². The van der Waals surface area contributed by atoms with Gasteiger partial charge in [-0.3, -0.25) is 4.98 Å². The molecular weight excluding hydrogens is 216 g/mol. The molecule has 0 N–H and O–H groups in total. The number of pyridine rings is 1. The van der Waals surface area contributed by atoms with Gasteiger partial charge in [0.15, 0.2) is 0 Å². The SMILES string of the molecule is CC(C#N)OCCOCCCc1ccncc1. The Hall–Kier alpha value is -1.44. The monoisotopic (exact) mass is 234 g/mol. The molecular formula is C13H18N2O2. The maximum atomic E-state index is 8.48. The number of nitriles is 1. The average Bonchev–Trinajstić information content (AvgIpc) is 2.38. The second-order valence-corrected chi connectivity index (χ2v) is 3.71. The molecule has 4 heteroatoms. The summed E-state index contributed by atoms with van der Waals surface area (Å²) in [7, 11) is 0. The third-order valence-corrected chi connectivity index (χ3v) is 2.28. The number of aryl methyl sites for hydroxylation is 1. The minimum Gasteiger partial charge on any atom is -0.379 e. The lowest BCUT2D eigenvalue weighted by atomic mass is 10.1. The highest BCUT2D eigenvalue weighted by Crippen LogP contribution is 2.00. The van der Waals surface area contributed by atoms with E-state index in [2.05, 4.69) is 4.98 Å². The van der Waals surface area contributed by atoms with Crippen LogP contribution in [0.4, 0.5) is 0 Å². The Morgan fingerprint density at radius 2 is 2.06 bits per heavy atom. The van der Waals surface area contributed by atoms with Gasteiger partial charge in [-0.2, -0.15) is 5.26 Å². The quantitative estimate of drug-likeness (QED) is 0.645. The molecule has 0 amide bonds. The predicted molar refractivity (Wildman–Crippen MR) is 64.4 cm³/mol. The lowest BCUT2D eigenvalue weighted by Gasteiger charge is -2.06. The first-order valence-electron chi connectivity index (χ1n) is 5.81. The van der Waals surface area contributed by atoms with E-state index in [1.165, 1.54) is 5.56 Å². The van der Waals surface area contributed by atoms with Crippen LogP contribution in [0.15, 0.2) is 24.5 Å². The Bertz CT molecular complexity index is 335. The summed E-state index contributed by atoms with van der Waals surface area (Å²) in [5, 5.41) is 8.48. The topological polar surface area (TPSA) is 55.1 Å². The van der Waals surface area contributed by atoms with Crippen molar-refractivity contribution in [1.82, 2.24) is 4.98 Å². The van der Waals surface area contributed by atoms with Crippen molar-refractivity contribution in [3.63, 3.8) is 0 Å². The molecule has 0 saturated heterocycles. The van der Waals surface area contributed by atoms with E-state index >= 15 is 0 Å². The van der Waals surface area contributed by atoms with E-state index in [0.29, 0.717) is 19.8 Å². The summed E-state index contributed by atoms with van der Waals surface area (Å²) in [6.45, 7) is 3.46. The van der Waals surface area contributed by atoms with Gasteiger partial charge in [0.1, 0.15) is 6.10 Å². The molecule has 0 aliphatic carbocycles. The fourth-order valence-electron chi connectivity index (χ4n) is 1.35. The van der Waals surface area contributed by atoms with Crippen LogP contribution in [0.2, 0.25) is 0 Å². The minimum absolute atomic E-state index is 0.351. The third kappa shape index (κ3) is 6.67. The molecule has 4 nitrogen and oxygen atoms in total. The molecule has 1 rings (SSSR count). The number of ether oxygens (including phenoxy) is 2. The summed E-state index contributed by atoms with van der Waals surface area (Å²) in [6.07, 6.45) is 5.23. The Morgan fingerprint density at radius 3 is 2.76 bits per heavy atom. The van der Waals surface area contributed by atoms with E-state index in [9.17, 15) is 0 Å². The van der Waals surface area contributed by atoms with E-state index in [4.69, 9.17) is 14.7 Å². The van der Waals surface area contributed by atoms with E-state index < -0.39 is 0 Å². The normalized spacial score (nSPS) is 12.0. The largest absolute Gasteiger partial charge is 0.379 e. The molecule has 1 aromatic rings. The zero-order valence-corrected chi connectivity index (χ0v) is 10.1. The second-order valence-electron chi connectivity index (χ2n) is 3.71. The standard InChI is InChI=1S/C13H18N2O2/c1-12(11-14)17-10-9-16-8-2-3-13-4-6-15-7-5-13/h4-7,12H,2-3,8-10H2,1H3. The van der Waals surface area contributed by atoms with Crippen molar-refractivity contribution in [3.05, 3.63) is 30.1 Å². The van der Waals surface area contributed by atoms with Crippen molar-refractivity contribution in [3.8, 4) is 6.07 Å². The molecule has 1 unspecified atom stereocenters. The highest BCUT2D eigenvalue weighted by molar-refractivity contribution is 5.09. The van der Waals surface area contributed by atoms with Crippen LogP contribution < -0.4 is 0 Å². The van der Waals surface area contributed by atoms with Gasteiger partial charge in [0.2, 0.25) is 0 Å². The molecule has 92 valence electrons. The highest BCUT2D eigenvalue weighted by Gasteiger charge is 1.98. The highest BCUT2D eigenvalue weighted by atomic mass is 16.5. The fourth-order valence-corrected chi connectivity index (χ4v) is 1.35. The molecule has 0 bridgehead atoms. The molecule has 0 aromatic carbocycles. The van der Waals surface area contributed by atoms with Crippen molar-refractivity contribution < 1.29 is 9.47 Å². The van der Waals surface area contributed by atoms with Gasteiger partial charge < -0.3 is 9.47 Å². The van der Waals surface area contributed by atoms with Gasteiger partial charge in [0, 0.05) is 19.0 Å². The Morgan fingerprint density at radius 1 is 1.29 bits per heavy atom. The first kappa shape index (κ1) is 13.6. The van der Waals surface area contributed by atoms with Gasteiger partial charge in [-0.25, -0.2) is 0 Å². The molecule has 0 fully saturated rings. The number of aromatic nitrogens is 1. The lowest BCUT2D eigenvalue weighted by molar-refractivity contribution is 0.0314. The smallest absolute Gasteiger partial charge is 0.141 e. The van der Waals surface area contributed by atoms with Crippen LogP contribution in [0.25, 0.3) is 0 Å². The van der Waals surface area contributed by atoms with Crippen LogP contribution in [0.1, 0.15) is 18.9 Å².